The van der Waals surface area contributed by atoms with Crippen LogP contribution in [0.15, 0.2) is 42.5 Å². The summed E-state index contributed by atoms with van der Waals surface area (Å²) < 4.78 is 0. The number of non-ortho nitro benzene ring substituents is 1. The summed E-state index contributed by atoms with van der Waals surface area (Å²) in [6.45, 7) is 4.59. The summed E-state index contributed by atoms with van der Waals surface area (Å²) in [6, 6.07) is 11.8. The molecule has 114 valence electrons. The first-order valence-corrected chi connectivity index (χ1v) is 7.06. The molecule has 0 radical (unpaired) electrons. The molecule has 0 bridgehead atoms. The van der Waals surface area contributed by atoms with Crippen molar-refractivity contribution in [1.82, 2.24) is 0 Å². The molecule has 1 N–H and O–H groups in total. The Hall–Kier alpha value is -2.69. The van der Waals surface area contributed by atoms with E-state index in [0.29, 0.717) is 18.5 Å². The third-order valence-electron chi connectivity index (χ3n) is 3.45. The number of nitro benzene ring substituents is 1. The summed E-state index contributed by atoms with van der Waals surface area (Å²) in [7, 11) is 0. The van der Waals surface area contributed by atoms with Crippen LogP contribution in [0.25, 0.3) is 0 Å². The second kappa shape index (κ2) is 6.85. The number of benzene rings is 2. The van der Waals surface area contributed by atoms with Gasteiger partial charge in [-0.1, -0.05) is 17.7 Å². The number of nitrogens with one attached hydrogen (secondary N) is 1. The average molecular weight is 298 g/mol. The molecule has 0 heterocycles. The van der Waals surface area contributed by atoms with Gasteiger partial charge < -0.3 is 5.32 Å². The topological polar surface area (TPSA) is 72.2 Å². The summed E-state index contributed by atoms with van der Waals surface area (Å²) >= 11 is 0. The summed E-state index contributed by atoms with van der Waals surface area (Å²) in [5, 5.41) is 13.8. The molecule has 2 aromatic carbocycles. The SMILES string of the molecule is Cc1ccc(NCCC(=O)c2ccc([N+](=O)[O-])cc2)c(C)c1. The van der Waals surface area contributed by atoms with Crippen molar-refractivity contribution in [1.29, 1.82) is 0 Å². The van der Waals surface area contributed by atoms with Gasteiger partial charge in [0.1, 0.15) is 0 Å². The fourth-order valence-corrected chi connectivity index (χ4v) is 2.24. The number of Topliss-reactive ketones (excluding diaryl/α,β-unsaturated/α-hetero) is 1. The van der Waals surface area contributed by atoms with Crippen molar-refractivity contribution in [2.75, 3.05) is 11.9 Å². The number of ketones is 1. The Morgan fingerprint density at radius 1 is 1.14 bits per heavy atom. The van der Waals surface area contributed by atoms with Crippen LogP contribution in [0.4, 0.5) is 11.4 Å². The molecule has 2 rings (SSSR count). The predicted octanol–water partition coefficient (Wildman–Crippen LogP) is 3.90. The number of carbonyl (C=O) groups excluding carboxylic acids is 1. The van der Waals surface area contributed by atoms with Crippen LogP contribution in [-0.2, 0) is 0 Å². The third-order valence-corrected chi connectivity index (χ3v) is 3.45. The molecule has 2 aromatic rings. The monoisotopic (exact) mass is 298 g/mol. The van der Waals surface area contributed by atoms with E-state index in [2.05, 4.69) is 11.4 Å². The van der Waals surface area contributed by atoms with E-state index in [1.807, 2.05) is 26.0 Å². The first-order valence-electron chi connectivity index (χ1n) is 7.06. The molecular formula is C17H18N2O3. The molecule has 0 atom stereocenters. The fraction of sp³-hybridized carbons (Fsp3) is 0.235. The molecule has 0 aliphatic heterocycles. The number of hydrogen-bond acceptors (Lipinski definition) is 4. The van der Waals surface area contributed by atoms with Gasteiger partial charge in [-0.3, -0.25) is 14.9 Å². The van der Waals surface area contributed by atoms with Crippen molar-refractivity contribution < 1.29 is 9.72 Å². The number of carbonyl (C=O) groups is 1. The van der Waals surface area contributed by atoms with Crippen LogP contribution in [-0.4, -0.2) is 17.3 Å². The lowest BCUT2D eigenvalue weighted by molar-refractivity contribution is -0.384. The van der Waals surface area contributed by atoms with Crippen LogP contribution in [0, 0.1) is 24.0 Å². The molecule has 5 heteroatoms. The molecule has 0 aromatic heterocycles. The van der Waals surface area contributed by atoms with Crippen molar-refractivity contribution in [2.45, 2.75) is 20.3 Å². The average Bonchev–Trinajstić information content (AvgIpc) is 2.49. The largest absolute Gasteiger partial charge is 0.384 e. The van der Waals surface area contributed by atoms with Gasteiger partial charge in [-0.25, -0.2) is 0 Å². The summed E-state index contributed by atoms with van der Waals surface area (Å²) in [4.78, 5) is 22.1. The normalized spacial score (nSPS) is 10.3. The van der Waals surface area contributed by atoms with E-state index in [1.165, 1.54) is 29.8 Å². The van der Waals surface area contributed by atoms with Crippen molar-refractivity contribution in [2.24, 2.45) is 0 Å². The Balaban J connectivity index is 1.91. The van der Waals surface area contributed by atoms with Crippen LogP contribution in [0.1, 0.15) is 27.9 Å². The van der Waals surface area contributed by atoms with Crippen molar-refractivity contribution >= 4 is 17.2 Å². The van der Waals surface area contributed by atoms with Gasteiger partial charge in [-0.05, 0) is 37.6 Å². The van der Waals surface area contributed by atoms with E-state index >= 15 is 0 Å². The van der Waals surface area contributed by atoms with Crippen molar-refractivity contribution in [3.63, 3.8) is 0 Å². The van der Waals surface area contributed by atoms with Crippen molar-refractivity contribution in [3.05, 3.63) is 69.3 Å². The summed E-state index contributed by atoms with van der Waals surface area (Å²) in [5.41, 5.74) is 3.84. The quantitative estimate of drug-likeness (QED) is 0.499. The zero-order valence-corrected chi connectivity index (χ0v) is 12.6. The van der Waals surface area contributed by atoms with Crippen LogP contribution >= 0.6 is 0 Å². The predicted molar refractivity (Wildman–Crippen MR) is 86.4 cm³/mol. The maximum absolute atomic E-state index is 12.0. The number of hydrogen-bond donors (Lipinski definition) is 1. The van der Waals surface area contributed by atoms with E-state index in [-0.39, 0.29) is 11.5 Å². The Labute approximate surface area is 129 Å². The first kappa shape index (κ1) is 15.7. The molecule has 0 fully saturated rings. The van der Waals surface area contributed by atoms with Crippen molar-refractivity contribution in [3.8, 4) is 0 Å². The smallest absolute Gasteiger partial charge is 0.269 e. The number of anilines is 1. The van der Waals surface area contributed by atoms with Gasteiger partial charge in [0, 0.05) is 36.3 Å². The van der Waals surface area contributed by atoms with Crippen LogP contribution in [0.2, 0.25) is 0 Å². The molecule has 22 heavy (non-hydrogen) atoms. The lowest BCUT2D eigenvalue weighted by atomic mass is 10.1. The Kier molecular flexibility index (Phi) is 4.88. The molecule has 0 aliphatic rings. The maximum atomic E-state index is 12.0. The summed E-state index contributed by atoms with van der Waals surface area (Å²) in [6.07, 6.45) is 0.338. The van der Waals surface area contributed by atoms with Gasteiger partial charge >= 0.3 is 0 Å². The molecule has 0 spiro atoms. The van der Waals surface area contributed by atoms with Crippen LogP contribution in [0.3, 0.4) is 0 Å². The number of rotatable bonds is 6. The lowest BCUT2D eigenvalue weighted by Crippen LogP contribution is -2.09. The number of nitrogens with zero attached hydrogens (tertiary/aromatic N) is 1. The highest BCUT2D eigenvalue weighted by Gasteiger charge is 2.09. The molecule has 0 saturated carbocycles. The minimum absolute atomic E-state index is 0.00930. The molecule has 0 amide bonds. The molecule has 0 aliphatic carbocycles. The highest BCUT2D eigenvalue weighted by atomic mass is 16.6. The van der Waals surface area contributed by atoms with E-state index in [1.54, 1.807) is 0 Å². The highest BCUT2D eigenvalue weighted by molar-refractivity contribution is 5.96. The van der Waals surface area contributed by atoms with Gasteiger partial charge in [0.05, 0.1) is 4.92 Å². The van der Waals surface area contributed by atoms with E-state index in [0.717, 1.165) is 11.3 Å². The molecular weight excluding hydrogens is 280 g/mol. The van der Waals surface area contributed by atoms with Gasteiger partial charge in [-0.2, -0.15) is 0 Å². The van der Waals surface area contributed by atoms with Gasteiger partial charge in [-0.15, -0.1) is 0 Å². The Morgan fingerprint density at radius 2 is 1.82 bits per heavy atom. The summed E-state index contributed by atoms with van der Waals surface area (Å²) in [5.74, 6) is -0.0350. The van der Waals surface area contributed by atoms with E-state index in [4.69, 9.17) is 0 Å². The minimum Gasteiger partial charge on any atom is -0.384 e. The molecule has 5 nitrogen and oxygen atoms in total. The van der Waals surface area contributed by atoms with Crippen LogP contribution in [0.5, 0.6) is 0 Å². The zero-order chi connectivity index (χ0) is 16.1. The lowest BCUT2D eigenvalue weighted by Gasteiger charge is -2.09. The van der Waals surface area contributed by atoms with E-state index < -0.39 is 4.92 Å². The van der Waals surface area contributed by atoms with Gasteiger partial charge in [0.2, 0.25) is 0 Å². The Morgan fingerprint density at radius 3 is 2.41 bits per heavy atom. The van der Waals surface area contributed by atoms with Gasteiger partial charge in [0.25, 0.3) is 5.69 Å². The zero-order valence-electron chi connectivity index (χ0n) is 12.6. The maximum Gasteiger partial charge on any atom is 0.269 e. The second-order valence-electron chi connectivity index (χ2n) is 5.22. The third kappa shape index (κ3) is 3.91. The Bertz CT molecular complexity index is 694. The first-order chi connectivity index (χ1) is 10.5. The number of aryl methyl sites for hydroxylation is 2. The molecule has 0 saturated heterocycles. The molecule has 0 unspecified atom stereocenters. The number of nitro groups is 1. The highest BCUT2D eigenvalue weighted by Crippen LogP contribution is 2.17. The standard InChI is InChI=1S/C17H18N2O3/c1-12-3-8-16(13(2)11-12)18-10-9-17(20)14-4-6-15(7-5-14)19(21)22/h3-8,11,18H,9-10H2,1-2H3. The second-order valence-corrected chi connectivity index (χ2v) is 5.22. The van der Waals surface area contributed by atoms with Crippen LogP contribution < -0.4 is 5.32 Å². The van der Waals surface area contributed by atoms with E-state index in [9.17, 15) is 14.9 Å². The fourth-order valence-electron chi connectivity index (χ4n) is 2.24. The minimum atomic E-state index is -0.476. The van der Waals surface area contributed by atoms with Gasteiger partial charge in [0.15, 0.2) is 5.78 Å².